The minimum absolute atomic E-state index is 0.264. The Balaban J connectivity index is 2.31. The molecule has 0 aliphatic heterocycles. The molecule has 0 fully saturated rings. The molecule has 2 aromatic carbocycles. The average molecular weight is 324 g/mol. The summed E-state index contributed by atoms with van der Waals surface area (Å²) in [7, 11) is -2.64. The van der Waals surface area contributed by atoms with Crippen LogP contribution in [0.15, 0.2) is 60.7 Å². The predicted octanol–water partition coefficient (Wildman–Crippen LogP) is 6.33. The van der Waals surface area contributed by atoms with Gasteiger partial charge in [-0.25, -0.2) is 0 Å². The Hall–Kier alpha value is -1.24. The first-order valence-corrected chi connectivity index (χ1v) is 9.58. The molecule has 4 heteroatoms. The van der Waals surface area contributed by atoms with Gasteiger partial charge in [0.15, 0.2) is 27.9 Å². The van der Waals surface area contributed by atoms with Gasteiger partial charge in [-0.1, -0.05) is 43.3 Å². The Morgan fingerprint density at radius 1 is 0.857 bits per heavy atom. The van der Waals surface area contributed by atoms with E-state index in [1.807, 2.05) is 60.7 Å². The molecule has 0 N–H and O–H groups in total. The lowest BCUT2D eigenvalue weighted by atomic mass is 10.1. The van der Waals surface area contributed by atoms with Crippen molar-refractivity contribution >= 4 is 18.3 Å². The Morgan fingerprint density at radius 3 is 1.57 bits per heavy atom. The average Bonchev–Trinajstić information content (AvgIpc) is 2.49. The second-order valence-corrected chi connectivity index (χ2v) is 9.32. The van der Waals surface area contributed by atoms with Gasteiger partial charge < -0.3 is 0 Å². The van der Waals surface area contributed by atoms with Crippen molar-refractivity contribution in [3.8, 4) is 11.5 Å². The van der Waals surface area contributed by atoms with E-state index in [0.717, 1.165) is 17.9 Å². The molecule has 0 unspecified atom stereocenters. The number of para-hydroxylation sites is 2. The monoisotopic (exact) mass is 323 g/mol. The SMILES string of the molecule is CCC(C)(C)[P+](Cl)(Oc1ccccc1)Oc1ccccc1. The zero-order valence-corrected chi connectivity index (χ0v) is 14.3. The van der Waals surface area contributed by atoms with Crippen LogP contribution in [0, 0.1) is 0 Å². The van der Waals surface area contributed by atoms with Crippen LogP contribution < -0.4 is 9.05 Å². The van der Waals surface area contributed by atoms with Crippen LogP contribution >= 0.6 is 18.3 Å². The second-order valence-electron chi connectivity index (χ2n) is 5.45. The highest BCUT2D eigenvalue weighted by Crippen LogP contribution is 2.74. The van der Waals surface area contributed by atoms with Gasteiger partial charge in [0, 0.05) is 0 Å². The van der Waals surface area contributed by atoms with Gasteiger partial charge in [0.2, 0.25) is 0 Å². The van der Waals surface area contributed by atoms with Crippen LogP contribution in [0.2, 0.25) is 0 Å². The van der Waals surface area contributed by atoms with Gasteiger partial charge in [0.1, 0.15) is 0 Å². The van der Waals surface area contributed by atoms with Gasteiger partial charge >= 0.3 is 7.07 Å². The minimum atomic E-state index is -2.64. The van der Waals surface area contributed by atoms with Gasteiger partial charge in [-0.05, 0) is 44.5 Å². The lowest BCUT2D eigenvalue weighted by molar-refractivity contribution is 0.431. The third-order valence-electron chi connectivity index (χ3n) is 3.52. The Morgan fingerprint density at radius 2 is 1.24 bits per heavy atom. The molecule has 0 aliphatic rings. The van der Waals surface area contributed by atoms with Crippen LogP contribution in [0.1, 0.15) is 27.2 Å². The molecule has 21 heavy (non-hydrogen) atoms. The molecule has 112 valence electrons. The molecule has 0 amide bonds. The summed E-state index contributed by atoms with van der Waals surface area (Å²) >= 11 is 6.87. The lowest BCUT2D eigenvalue weighted by Crippen LogP contribution is -2.27. The Kier molecular flexibility index (Phi) is 5.13. The number of hydrogen-bond donors (Lipinski definition) is 0. The summed E-state index contributed by atoms with van der Waals surface area (Å²) in [6.45, 7) is 6.26. The van der Waals surface area contributed by atoms with Crippen molar-refractivity contribution < 1.29 is 9.05 Å². The molecule has 0 radical (unpaired) electrons. The molecule has 0 aromatic heterocycles. The van der Waals surface area contributed by atoms with Gasteiger partial charge in [0.25, 0.3) is 0 Å². The first kappa shape index (κ1) is 16.1. The van der Waals surface area contributed by atoms with E-state index in [1.165, 1.54) is 0 Å². The third kappa shape index (κ3) is 3.90. The van der Waals surface area contributed by atoms with Crippen LogP contribution in [0.4, 0.5) is 0 Å². The van der Waals surface area contributed by atoms with Crippen molar-refractivity contribution in [2.45, 2.75) is 32.3 Å². The maximum absolute atomic E-state index is 6.87. The maximum atomic E-state index is 6.87. The molecule has 0 bridgehead atoms. The highest BCUT2D eigenvalue weighted by molar-refractivity contribution is 7.93. The summed E-state index contributed by atoms with van der Waals surface area (Å²) in [5, 5.41) is -0.264. The first-order chi connectivity index (χ1) is 9.97. The number of benzene rings is 2. The molecule has 0 heterocycles. The molecule has 0 saturated carbocycles. The lowest BCUT2D eigenvalue weighted by Gasteiger charge is -2.29. The van der Waals surface area contributed by atoms with E-state index >= 15 is 0 Å². The van der Waals surface area contributed by atoms with Crippen molar-refractivity contribution in [2.75, 3.05) is 0 Å². The van der Waals surface area contributed by atoms with E-state index in [9.17, 15) is 0 Å². The van der Waals surface area contributed by atoms with Crippen LogP contribution in [0.3, 0.4) is 0 Å². The topological polar surface area (TPSA) is 18.5 Å². The van der Waals surface area contributed by atoms with E-state index in [1.54, 1.807) is 0 Å². The molecule has 2 aromatic rings. The van der Waals surface area contributed by atoms with Gasteiger partial charge in [-0.15, -0.1) is 0 Å². The van der Waals surface area contributed by atoms with E-state index in [2.05, 4.69) is 20.8 Å². The summed E-state index contributed by atoms with van der Waals surface area (Å²) in [4.78, 5) is 0. The van der Waals surface area contributed by atoms with Crippen molar-refractivity contribution in [3.05, 3.63) is 60.7 Å². The van der Waals surface area contributed by atoms with Crippen molar-refractivity contribution in [2.24, 2.45) is 0 Å². The van der Waals surface area contributed by atoms with Crippen LogP contribution in [-0.4, -0.2) is 5.16 Å². The minimum Gasteiger partial charge on any atom is -0.290 e. The Bertz CT molecular complexity index is 516. The van der Waals surface area contributed by atoms with E-state index in [-0.39, 0.29) is 5.16 Å². The summed E-state index contributed by atoms with van der Waals surface area (Å²) in [5.74, 6) is 1.47. The molecule has 0 saturated heterocycles. The summed E-state index contributed by atoms with van der Waals surface area (Å²) in [5.41, 5.74) is 0. The number of halogens is 1. The highest BCUT2D eigenvalue weighted by Gasteiger charge is 2.59. The number of rotatable bonds is 6. The van der Waals surface area contributed by atoms with E-state index < -0.39 is 7.07 Å². The smallest absolute Gasteiger partial charge is 0.290 e. The zero-order chi connectivity index (χ0) is 15.3. The fourth-order valence-electron chi connectivity index (χ4n) is 1.69. The first-order valence-electron chi connectivity index (χ1n) is 7.05. The Labute approximate surface area is 132 Å². The molecule has 2 rings (SSSR count). The van der Waals surface area contributed by atoms with Crippen molar-refractivity contribution in [1.82, 2.24) is 0 Å². The summed E-state index contributed by atoms with van der Waals surface area (Å²) in [6, 6.07) is 19.2. The fourth-order valence-corrected chi connectivity index (χ4v) is 4.22. The molecular formula is C17H21ClO2P+. The fraction of sp³-hybridized carbons (Fsp3) is 0.294. The molecule has 0 spiro atoms. The highest BCUT2D eigenvalue weighted by atomic mass is 35.7. The van der Waals surface area contributed by atoms with Crippen LogP contribution in [-0.2, 0) is 0 Å². The largest absolute Gasteiger partial charge is 0.464 e. The van der Waals surface area contributed by atoms with Crippen molar-refractivity contribution in [1.29, 1.82) is 0 Å². The van der Waals surface area contributed by atoms with Gasteiger partial charge in [-0.3, -0.25) is 9.05 Å². The van der Waals surface area contributed by atoms with Gasteiger partial charge in [-0.2, -0.15) is 0 Å². The van der Waals surface area contributed by atoms with Crippen molar-refractivity contribution in [3.63, 3.8) is 0 Å². The summed E-state index contributed by atoms with van der Waals surface area (Å²) in [6.07, 6.45) is 0.865. The van der Waals surface area contributed by atoms with E-state index in [0.29, 0.717) is 0 Å². The molecule has 0 atom stereocenters. The zero-order valence-electron chi connectivity index (χ0n) is 12.6. The van der Waals surface area contributed by atoms with E-state index in [4.69, 9.17) is 20.3 Å². The third-order valence-corrected chi connectivity index (χ3v) is 7.96. The van der Waals surface area contributed by atoms with Crippen LogP contribution in [0.5, 0.6) is 11.5 Å². The molecular weight excluding hydrogens is 303 g/mol. The second kappa shape index (κ2) is 6.68. The standard InChI is InChI=1S/C17H21ClO2P/c1-4-17(2,3)21(18,19-15-11-7-5-8-12-15)20-16-13-9-6-10-14-16/h5-14H,4H2,1-3H3/q+1. The summed E-state index contributed by atoms with van der Waals surface area (Å²) < 4.78 is 12.2. The maximum Gasteiger partial charge on any atom is 0.464 e. The molecule has 2 nitrogen and oxygen atoms in total. The van der Waals surface area contributed by atoms with Gasteiger partial charge in [0.05, 0.1) is 0 Å². The molecule has 0 aliphatic carbocycles. The predicted molar refractivity (Wildman–Crippen MR) is 91.3 cm³/mol. The quantitative estimate of drug-likeness (QED) is 0.578. The number of hydrogen-bond acceptors (Lipinski definition) is 2. The van der Waals surface area contributed by atoms with Crippen LogP contribution in [0.25, 0.3) is 0 Å². The normalized spacial score (nSPS) is 12.0.